The Hall–Kier alpha value is -1.69. The summed E-state index contributed by atoms with van der Waals surface area (Å²) in [6.07, 6.45) is 0. The van der Waals surface area contributed by atoms with Crippen LogP contribution in [0.3, 0.4) is 0 Å². The summed E-state index contributed by atoms with van der Waals surface area (Å²) in [7, 11) is 0. The van der Waals surface area contributed by atoms with Gasteiger partial charge in [-0.15, -0.1) is 11.3 Å². The molecule has 16 heavy (non-hydrogen) atoms. The minimum Gasteiger partial charge on any atom is -0.477 e. The summed E-state index contributed by atoms with van der Waals surface area (Å²) in [4.78, 5) is 16.2. The first kappa shape index (κ1) is 10.8. The minimum absolute atomic E-state index is 0.318. The summed E-state index contributed by atoms with van der Waals surface area (Å²) in [5.74, 6) is 0.523. The van der Waals surface area contributed by atoms with Gasteiger partial charge < -0.3 is 5.11 Å². The summed E-state index contributed by atoms with van der Waals surface area (Å²) in [5, 5.41) is 13.1. The van der Waals surface area contributed by atoms with Crippen LogP contribution >= 0.6 is 11.3 Å². The van der Waals surface area contributed by atoms with E-state index in [1.165, 1.54) is 11.3 Å². The highest BCUT2D eigenvalue weighted by atomic mass is 32.1. The lowest BCUT2D eigenvalue weighted by Crippen LogP contribution is -1.98. The second kappa shape index (κ2) is 4.05. The maximum Gasteiger partial charge on any atom is 0.345 e. The highest BCUT2D eigenvalue weighted by Crippen LogP contribution is 2.26. The number of aromatic nitrogens is 3. The number of carbonyl (C=O) groups is 1. The SMILES string of the molecule is CCn1nc(C)nc1-c1ccc(C(=O)O)s1. The van der Waals surface area contributed by atoms with Crippen molar-refractivity contribution in [3.05, 3.63) is 22.8 Å². The number of rotatable bonds is 3. The van der Waals surface area contributed by atoms with Crippen molar-refractivity contribution in [1.29, 1.82) is 0 Å². The predicted molar refractivity (Wildman–Crippen MR) is 60.7 cm³/mol. The van der Waals surface area contributed by atoms with Crippen molar-refractivity contribution in [3.8, 4) is 10.7 Å². The highest BCUT2D eigenvalue weighted by molar-refractivity contribution is 7.17. The zero-order valence-corrected chi connectivity index (χ0v) is 9.78. The average Bonchev–Trinajstić information content (AvgIpc) is 2.82. The van der Waals surface area contributed by atoms with Crippen LogP contribution in [-0.4, -0.2) is 25.8 Å². The van der Waals surface area contributed by atoms with Gasteiger partial charge in [0, 0.05) is 6.54 Å². The Labute approximate surface area is 96.4 Å². The molecule has 2 aromatic heterocycles. The number of carboxylic acid groups (broad SMARTS) is 1. The quantitative estimate of drug-likeness (QED) is 0.886. The monoisotopic (exact) mass is 237 g/mol. The van der Waals surface area contributed by atoms with Gasteiger partial charge in [-0.2, -0.15) is 5.10 Å². The van der Waals surface area contributed by atoms with Gasteiger partial charge in [-0.3, -0.25) is 0 Å². The zero-order chi connectivity index (χ0) is 11.7. The van der Waals surface area contributed by atoms with Gasteiger partial charge in [-0.1, -0.05) is 0 Å². The number of aryl methyl sites for hydroxylation is 2. The second-order valence-electron chi connectivity index (χ2n) is 3.27. The summed E-state index contributed by atoms with van der Waals surface area (Å²) < 4.78 is 1.77. The number of hydrogen-bond acceptors (Lipinski definition) is 4. The van der Waals surface area contributed by atoms with E-state index >= 15 is 0 Å². The molecule has 0 amide bonds. The summed E-state index contributed by atoms with van der Waals surface area (Å²) in [6, 6.07) is 3.36. The van der Waals surface area contributed by atoms with E-state index in [-0.39, 0.29) is 0 Å². The van der Waals surface area contributed by atoms with E-state index < -0.39 is 5.97 Å². The molecule has 0 saturated heterocycles. The molecular weight excluding hydrogens is 226 g/mol. The maximum atomic E-state index is 10.8. The van der Waals surface area contributed by atoms with Gasteiger partial charge in [0.05, 0.1) is 4.88 Å². The minimum atomic E-state index is -0.907. The molecule has 5 nitrogen and oxygen atoms in total. The van der Waals surface area contributed by atoms with Gasteiger partial charge in [0.1, 0.15) is 10.7 Å². The van der Waals surface area contributed by atoms with E-state index in [9.17, 15) is 4.79 Å². The van der Waals surface area contributed by atoms with Crippen molar-refractivity contribution in [2.75, 3.05) is 0 Å². The van der Waals surface area contributed by atoms with Gasteiger partial charge in [-0.05, 0) is 26.0 Å². The van der Waals surface area contributed by atoms with E-state index in [1.54, 1.807) is 16.8 Å². The molecule has 2 aromatic rings. The lowest BCUT2D eigenvalue weighted by atomic mass is 10.4. The number of hydrogen-bond donors (Lipinski definition) is 1. The number of carboxylic acids is 1. The molecule has 6 heteroatoms. The van der Waals surface area contributed by atoms with E-state index in [0.717, 1.165) is 17.2 Å². The van der Waals surface area contributed by atoms with Gasteiger partial charge >= 0.3 is 5.97 Å². The molecule has 0 radical (unpaired) electrons. The molecule has 1 N–H and O–H groups in total. The number of aromatic carboxylic acids is 1. The molecule has 0 aliphatic rings. The smallest absolute Gasteiger partial charge is 0.345 e. The van der Waals surface area contributed by atoms with E-state index in [4.69, 9.17) is 5.11 Å². The molecule has 84 valence electrons. The van der Waals surface area contributed by atoms with Crippen LogP contribution in [0.5, 0.6) is 0 Å². The Morgan fingerprint density at radius 3 is 2.88 bits per heavy atom. The summed E-state index contributed by atoms with van der Waals surface area (Å²) >= 11 is 1.21. The molecular formula is C10H11N3O2S. The molecule has 0 aromatic carbocycles. The number of nitrogens with zero attached hydrogens (tertiary/aromatic N) is 3. The predicted octanol–water partition coefficient (Wildman–Crippen LogP) is 2.03. The van der Waals surface area contributed by atoms with Crippen LogP contribution in [-0.2, 0) is 6.54 Å². The van der Waals surface area contributed by atoms with Crippen LogP contribution in [0.4, 0.5) is 0 Å². The molecule has 2 rings (SSSR count). The normalized spacial score (nSPS) is 10.6. The van der Waals surface area contributed by atoms with Gasteiger partial charge in [0.2, 0.25) is 0 Å². The maximum absolute atomic E-state index is 10.8. The molecule has 0 fully saturated rings. The summed E-state index contributed by atoms with van der Waals surface area (Å²) in [5.41, 5.74) is 0. The number of thiophene rings is 1. The fraction of sp³-hybridized carbons (Fsp3) is 0.300. The second-order valence-corrected chi connectivity index (χ2v) is 4.35. The Morgan fingerprint density at radius 1 is 1.56 bits per heavy atom. The third kappa shape index (κ3) is 1.83. The largest absolute Gasteiger partial charge is 0.477 e. The van der Waals surface area contributed by atoms with Crippen molar-refractivity contribution in [2.45, 2.75) is 20.4 Å². The van der Waals surface area contributed by atoms with Gasteiger partial charge in [0.25, 0.3) is 0 Å². The van der Waals surface area contributed by atoms with Crippen LogP contribution in [0.15, 0.2) is 12.1 Å². The first-order valence-electron chi connectivity index (χ1n) is 4.86. The first-order chi connectivity index (χ1) is 7.61. The summed E-state index contributed by atoms with van der Waals surface area (Å²) in [6.45, 7) is 4.52. The molecule has 0 aliphatic carbocycles. The molecule has 0 spiro atoms. The fourth-order valence-electron chi connectivity index (χ4n) is 1.43. The molecule has 0 bridgehead atoms. The Kier molecular flexibility index (Phi) is 2.74. The molecule has 0 atom stereocenters. The van der Waals surface area contributed by atoms with Crippen LogP contribution in [0, 0.1) is 6.92 Å². The van der Waals surface area contributed by atoms with Crippen molar-refractivity contribution in [3.63, 3.8) is 0 Å². The lowest BCUT2D eigenvalue weighted by Gasteiger charge is -1.98. The van der Waals surface area contributed by atoms with Crippen molar-refractivity contribution < 1.29 is 9.90 Å². The molecule has 0 aliphatic heterocycles. The average molecular weight is 237 g/mol. The third-order valence-electron chi connectivity index (χ3n) is 2.11. The van der Waals surface area contributed by atoms with Crippen LogP contribution < -0.4 is 0 Å². The van der Waals surface area contributed by atoms with E-state index in [2.05, 4.69) is 10.1 Å². The van der Waals surface area contributed by atoms with Crippen LogP contribution in [0.2, 0.25) is 0 Å². The van der Waals surface area contributed by atoms with Crippen LogP contribution in [0.1, 0.15) is 22.4 Å². The van der Waals surface area contributed by atoms with Crippen molar-refractivity contribution >= 4 is 17.3 Å². The van der Waals surface area contributed by atoms with Crippen LogP contribution in [0.25, 0.3) is 10.7 Å². The van der Waals surface area contributed by atoms with E-state index in [0.29, 0.717) is 10.7 Å². The fourth-order valence-corrected chi connectivity index (χ4v) is 2.27. The Balaban J connectivity index is 2.45. The topological polar surface area (TPSA) is 68.0 Å². The Morgan fingerprint density at radius 2 is 2.31 bits per heavy atom. The van der Waals surface area contributed by atoms with Gasteiger partial charge in [-0.25, -0.2) is 14.5 Å². The van der Waals surface area contributed by atoms with Gasteiger partial charge in [0.15, 0.2) is 5.82 Å². The Bertz CT molecular complexity index is 530. The van der Waals surface area contributed by atoms with Crippen molar-refractivity contribution in [2.24, 2.45) is 0 Å². The molecule has 0 saturated carbocycles. The lowest BCUT2D eigenvalue weighted by molar-refractivity contribution is 0.0702. The highest BCUT2D eigenvalue weighted by Gasteiger charge is 2.13. The molecule has 0 unspecified atom stereocenters. The first-order valence-corrected chi connectivity index (χ1v) is 5.68. The standard InChI is InChI=1S/C10H11N3O2S/c1-3-13-9(11-6(2)12-13)7-4-5-8(16-7)10(14)15/h4-5H,3H2,1-2H3,(H,14,15). The molecule has 2 heterocycles. The third-order valence-corrected chi connectivity index (χ3v) is 3.18. The zero-order valence-electron chi connectivity index (χ0n) is 8.97. The van der Waals surface area contributed by atoms with Crippen molar-refractivity contribution in [1.82, 2.24) is 14.8 Å². The van der Waals surface area contributed by atoms with E-state index in [1.807, 2.05) is 13.8 Å².